The Kier molecular flexibility index (Phi) is 5.86. The topological polar surface area (TPSA) is 21.3 Å². The molecule has 18 heavy (non-hydrogen) atoms. The number of rotatable bonds is 6. The van der Waals surface area contributed by atoms with Crippen molar-refractivity contribution in [3.05, 3.63) is 47.0 Å². The van der Waals surface area contributed by atoms with Gasteiger partial charge in [0, 0.05) is 17.1 Å². The summed E-state index contributed by atoms with van der Waals surface area (Å²) < 4.78 is 5.60. The maximum absolute atomic E-state index is 5.90. The van der Waals surface area contributed by atoms with E-state index in [-0.39, 0.29) is 5.54 Å². The molecule has 0 atom stereocenters. The third-order valence-corrected chi connectivity index (χ3v) is 2.57. The monoisotopic (exact) mass is 267 g/mol. The highest BCUT2D eigenvalue weighted by Crippen LogP contribution is 2.11. The van der Waals surface area contributed by atoms with Gasteiger partial charge in [-0.2, -0.15) is 0 Å². The van der Waals surface area contributed by atoms with Crippen molar-refractivity contribution in [1.29, 1.82) is 0 Å². The van der Waals surface area contributed by atoms with Gasteiger partial charge in [0.1, 0.15) is 0 Å². The zero-order chi connectivity index (χ0) is 13.6. The van der Waals surface area contributed by atoms with Crippen molar-refractivity contribution >= 4 is 11.6 Å². The number of hydrogen-bond acceptors (Lipinski definition) is 2. The first-order chi connectivity index (χ1) is 8.37. The number of nitrogens with one attached hydrogen (secondary N) is 1. The summed E-state index contributed by atoms with van der Waals surface area (Å²) >= 11 is 5.90. The minimum atomic E-state index is 0.107. The minimum Gasteiger partial charge on any atom is -0.372 e. The molecule has 0 amide bonds. The van der Waals surface area contributed by atoms with Crippen LogP contribution in [0.3, 0.4) is 0 Å². The molecule has 100 valence electrons. The molecule has 1 aromatic carbocycles. The molecule has 0 heterocycles. The number of halogens is 1. The highest BCUT2D eigenvalue weighted by Gasteiger charge is 2.08. The van der Waals surface area contributed by atoms with Crippen LogP contribution >= 0.6 is 11.6 Å². The van der Waals surface area contributed by atoms with Crippen LogP contribution in [0.2, 0.25) is 5.02 Å². The van der Waals surface area contributed by atoms with E-state index in [2.05, 4.69) is 32.7 Å². The molecule has 0 unspecified atom stereocenters. The summed E-state index contributed by atoms with van der Waals surface area (Å²) in [6.07, 6.45) is 0. The van der Waals surface area contributed by atoms with Crippen LogP contribution in [-0.4, -0.2) is 18.7 Å². The molecule has 1 rings (SSSR count). The first-order valence-electron chi connectivity index (χ1n) is 6.11. The SMILES string of the molecule is C=C(CNC(C)(C)C)COCc1cccc(Cl)c1. The van der Waals surface area contributed by atoms with Crippen molar-refractivity contribution in [3.8, 4) is 0 Å². The molecule has 0 aromatic heterocycles. The predicted molar refractivity (Wildman–Crippen MR) is 78.0 cm³/mol. The summed E-state index contributed by atoms with van der Waals surface area (Å²) in [5.74, 6) is 0. The highest BCUT2D eigenvalue weighted by molar-refractivity contribution is 6.30. The van der Waals surface area contributed by atoms with E-state index in [9.17, 15) is 0 Å². The molecule has 2 nitrogen and oxygen atoms in total. The number of hydrogen-bond donors (Lipinski definition) is 1. The highest BCUT2D eigenvalue weighted by atomic mass is 35.5. The lowest BCUT2D eigenvalue weighted by molar-refractivity contribution is 0.140. The fourth-order valence-corrected chi connectivity index (χ4v) is 1.59. The van der Waals surface area contributed by atoms with E-state index in [4.69, 9.17) is 16.3 Å². The fraction of sp³-hybridized carbons (Fsp3) is 0.467. The smallest absolute Gasteiger partial charge is 0.0721 e. The average Bonchev–Trinajstić information content (AvgIpc) is 2.25. The van der Waals surface area contributed by atoms with Crippen LogP contribution in [0.1, 0.15) is 26.3 Å². The normalized spacial score (nSPS) is 11.6. The summed E-state index contributed by atoms with van der Waals surface area (Å²) in [5.41, 5.74) is 2.24. The lowest BCUT2D eigenvalue weighted by atomic mass is 10.1. The average molecular weight is 268 g/mol. The molecule has 1 N–H and O–H groups in total. The van der Waals surface area contributed by atoms with Gasteiger partial charge in [-0.15, -0.1) is 0 Å². The molecule has 0 saturated heterocycles. The number of ether oxygens (including phenoxy) is 1. The van der Waals surface area contributed by atoms with E-state index in [0.29, 0.717) is 13.2 Å². The minimum absolute atomic E-state index is 0.107. The van der Waals surface area contributed by atoms with E-state index < -0.39 is 0 Å². The predicted octanol–water partition coefficient (Wildman–Crippen LogP) is 3.80. The lowest BCUT2D eigenvalue weighted by Crippen LogP contribution is -2.37. The van der Waals surface area contributed by atoms with Gasteiger partial charge < -0.3 is 10.1 Å². The molecular weight excluding hydrogens is 246 g/mol. The van der Waals surface area contributed by atoms with Crippen molar-refractivity contribution in [2.75, 3.05) is 13.2 Å². The third-order valence-electron chi connectivity index (χ3n) is 2.33. The van der Waals surface area contributed by atoms with Gasteiger partial charge in [-0.05, 0) is 44.0 Å². The molecule has 3 heteroatoms. The van der Waals surface area contributed by atoms with Gasteiger partial charge in [0.2, 0.25) is 0 Å². The van der Waals surface area contributed by atoms with Crippen LogP contribution < -0.4 is 5.32 Å². The quantitative estimate of drug-likeness (QED) is 0.792. The maximum atomic E-state index is 5.90. The van der Waals surface area contributed by atoms with Gasteiger partial charge in [-0.25, -0.2) is 0 Å². The second kappa shape index (κ2) is 6.93. The summed E-state index contributed by atoms with van der Waals surface area (Å²) in [7, 11) is 0. The second-order valence-electron chi connectivity index (χ2n) is 5.48. The van der Waals surface area contributed by atoms with E-state index >= 15 is 0 Å². The standard InChI is InChI=1S/C15H22ClNO/c1-12(9-17-15(2,3)4)10-18-11-13-6-5-7-14(16)8-13/h5-8,17H,1,9-11H2,2-4H3. The Bertz CT molecular complexity index is 396. The molecule has 0 aliphatic rings. The Morgan fingerprint density at radius 2 is 2.11 bits per heavy atom. The first kappa shape index (κ1) is 15.2. The van der Waals surface area contributed by atoms with Crippen molar-refractivity contribution in [3.63, 3.8) is 0 Å². The van der Waals surface area contributed by atoms with E-state index in [1.54, 1.807) is 0 Å². The Labute approximate surface area is 115 Å². The van der Waals surface area contributed by atoms with Gasteiger partial charge in [0.25, 0.3) is 0 Å². The van der Waals surface area contributed by atoms with Crippen molar-refractivity contribution in [2.24, 2.45) is 0 Å². The largest absolute Gasteiger partial charge is 0.372 e. The van der Waals surface area contributed by atoms with E-state index in [1.165, 1.54) is 0 Å². The Morgan fingerprint density at radius 1 is 1.39 bits per heavy atom. The van der Waals surface area contributed by atoms with Crippen molar-refractivity contribution in [2.45, 2.75) is 32.9 Å². The first-order valence-corrected chi connectivity index (χ1v) is 6.48. The van der Waals surface area contributed by atoms with Crippen LogP contribution in [-0.2, 0) is 11.3 Å². The molecule has 0 spiro atoms. The third kappa shape index (κ3) is 6.80. The van der Waals surface area contributed by atoms with Gasteiger partial charge >= 0.3 is 0 Å². The Morgan fingerprint density at radius 3 is 2.72 bits per heavy atom. The lowest BCUT2D eigenvalue weighted by Gasteiger charge is -2.21. The number of benzene rings is 1. The summed E-state index contributed by atoms with van der Waals surface area (Å²) in [4.78, 5) is 0. The summed E-state index contributed by atoms with van der Waals surface area (Å²) in [5, 5.41) is 4.12. The Balaban J connectivity index is 2.23. The maximum Gasteiger partial charge on any atom is 0.0721 e. The summed E-state index contributed by atoms with van der Waals surface area (Å²) in [6.45, 7) is 12.3. The molecule has 0 radical (unpaired) electrons. The molecular formula is C15H22ClNO. The van der Waals surface area contributed by atoms with Gasteiger partial charge in [-0.3, -0.25) is 0 Å². The second-order valence-corrected chi connectivity index (χ2v) is 5.91. The van der Waals surface area contributed by atoms with Gasteiger partial charge in [0.15, 0.2) is 0 Å². The Hall–Kier alpha value is -0.830. The van der Waals surface area contributed by atoms with Crippen molar-refractivity contribution in [1.82, 2.24) is 5.32 Å². The summed E-state index contributed by atoms with van der Waals surface area (Å²) in [6, 6.07) is 7.70. The zero-order valence-electron chi connectivity index (χ0n) is 11.4. The molecule has 0 saturated carbocycles. The molecule has 0 bridgehead atoms. The van der Waals surface area contributed by atoms with E-state index in [1.807, 2.05) is 24.3 Å². The molecule has 1 aromatic rings. The van der Waals surface area contributed by atoms with Gasteiger partial charge in [0.05, 0.1) is 13.2 Å². The van der Waals surface area contributed by atoms with Crippen LogP contribution in [0, 0.1) is 0 Å². The van der Waals surface area contributed by atoms with Crippen LogP contribution in [0.4, 0.5) is 0 Å². The molecule has 0 aliphatic carbocycles. The van der Waals surface area contributed by atoms with Gasteiger partial charge in [-0.1, -0.05) is 30.3 Å². The van der Waals surface area contributed by atoms with Crippen LogP contribution in [0.5, 0.6) is 0 Å². The zero-order valence-corrected chi connectivity index (χ0v) is 12.2. The molecule has 0 aliphatic heterocycles. The van der Waals surface area contributed by atoms with Crippen LogP contribution in [0.25, 0.3) is 0 Å². The molecule has 0 fully saturated rings. The van der Waals surface area contributed by atoms with Crippen molar-refractivity contribution < 1.29 is 4.74 Å². The fourth-order valence-electron chi connectivity index (χ4n) is 1.38. The van der Waals surface area contributed by atoms with E-state index in [0.717, 1.165) is 22.7 Å². The van der Waals surface area contributed by atoms with Crippen LogP contribution in [0.15, 0.2) is 36.4 Å².